The number of rotatable bonds is 11. The summed E-state index contributed by atoms with van der Waals surface area (Å²) < 4.78 is 0. The highest BCUT2D eigenvalue weighted by Gasteiger charge is 2.24. The number of hydrogen-bond donors (Lipinski definition) is 3. The molecule has 3 aromatic carbocycles. The van der Waals surface area contributed by atoms with Crippen LogP contribution in [0.3, 0.4) is 0 Å². The predicted molar refractivity (Wildman–Crippen MR) is 160 cm³/mol. The Morgan fingerprint density at radius 3 is 1.86 bits per heavy atom. The number of hydrogen-bond acceptors (Lipinski definition) is 12. The SMILES string of the molecule is Cc1nnnn1N=Cc1ccc(O)c(C(c2cccc(N(C)CCCO)c2)c2cc(C=Nn3nnnc3C)ccc2O)c1. The minimum absolute atomic E-state index is 0.0441. The second-order valence-corrected chi connectivity index (χ2v) is 9.88. The predicted octanol–water partition coefficient (Wildman–Crippen LogP) is 2.45. The van der Waals surface area contributed by atoms with Crippen LogP contribution in [0.25, 0.3) is 0 Å². The van der Waals surface area contributed by atoms with Crippen molar-refractivity contribution in [2.75, 3.05) is 25.1 Å². The van der Waals surface area contributed by atoms with Crippen molar-refractivity contribution in [1.29, 1.82) is 0 Å². The van der Waals surface area contributed by atoms with Gasteiger partial charge in [-0.05, 0) is 106 Å². The van der Waals surface area contributed by atoms with Crippen molar-refractivity contribution in [3.63, 3.8) is 0 Å². The molecule has 0 saturated heterocycles. The van der Waals surface area contributed by atoms with Gasteiger partial charge in [-0.15, -0.1) is 19.8 Å². The van der Waals surface area contributed by atoms with Crippen molar-refractivity contribution in [3.8, 4) is 11.5 Å². The molecule has 2 heterocycles. The smallest absolute Gasteiger partial charge is 0.173 e. The Hall–Kier alpha value is -5.50. The van der Waals surface area contributed by atoms with E-state index < -0.39 is 5.92 Å². The van der Waals surface area contributed by atoms with Crippen molar-refractivity contribution in [2.45, 2.75) is 26.2 Å². The summed E-state index contributed by atoms with van der Waals surface area (Å²) in [5, 5.41) is 62.9. The summed E-state index contributed by atoms with van der Waals surface area (Å²) in [6.07, 6.45) is 3.82. The van der Waals surface area contributed by atoms with E-state index in [0.717, 1.165) is 11.3 Å². The van der Waals surface area contributed by atoms with Gasteiger partial charge in [0.15, 0.2) is 11.6 Å². The maximum Gasteiger partial charge on any atom is 0.173 e. The minimum Gasteiger partial charge on any atom is -0.508 e. The van der Waals surface area contributed by atoms with Crippen LogP contribution in [0, 0.1) is 13.8 Å². The fraction of sp³-hybridized carbons (Fsp3) is 0.241. The van der Waals surface area contributed by atoms with Crippen molar-refractivity contribution in [1.82, 2.24) is 40.6 Å². The van der Waals surface area contributed by atoms with Gasteiger partial charge in [-0.2, -0.15) is 10.2 Å². The standard InChI is InChI=1S/C29H31N11O3/c1-19-32-34-36-39(19)30-17-21-8-10-27(42)25(14-21)29(23-6-4-7-24(16-23)38(3)12-5-13-41)26-15-22(9-11-28(26)43)18-31-40-20(2)33-35-37-40/h4,6-11,14-18,29,41-43H,5,12-13H2,1-3H3. The van der Waals surface area contributed by atoms with Gasteiger partial charge >= 0.3 is 0 Å². The van der Waals surface area contributed by atoms with E-state index in [4.69, 9.17) is 0 Å². The summed E-state index contributed by atoms with van der Waals surface area (Å²) in [7, 11) is 1.95. The number of aliphatic hydroxyl groups is 1. The van der Waals surface area contributed by atoms with E-state index in [2.05, 4.69) is 41.3 Å². The van der Waals surface area contributed by atoms with E-state index in [1.165, 1.54) is 9.58 Å². The molecule has 5 aromatic rings. The molecule has 43 heavy (non-hydrogen) atoms. The van der Waals surface area contributed by atoms with E-state index in [0.29, 0.717) is 46.9 Å². The first-order valence-electron chi connectivity index (χ1n) is 13.5. The number of phenolic OH excluding ortho intramolecular Hbond substituents is 2. The van der Waals surface area contributed by atoms with Crippen LogP contribution in [-0.4, -0.2) is 88.6 Å². The van der Waals surface area contributed by atoms with Crippen molar-refractivity contribution in [2.24, 2.45) is 10.2 Å². The van der Waals surface area contributed by atoms with Crippen molar-refractivity contribution >= 4 is 18.1 Å². The van der Waals surface area contributed by atoms with Crippen molar-refractivity contribution < 1.29 is 15.3 Å². The zero-order chi connectivity index (χ0) is 30.3. The number of nitrogens with zero attached hydrogens (tertiary/aromatic N) is 11. The van der Waals surface area contributed by atoms with Gasteiger partial charge in [-0.25, -0.2) is 0 Å². The first-order chi connectivity index (χ1) is 20.8. The van der Waals surface area contributed by atoms with Gasteiger partial charge in [0.1, 0.15) is 11.5 Å². The highest BCUT2D eigenvalue weighted by molar-refractivity contribution is 5.82. The van der Waals surface area contributed by atoms with Crippen molar-refractivity contribution in [3.05, 3.63) is 100 Å². The molecule has 3 N–H and O–H groups in total. The molecule has 0 saturated carbocycles. The third-order valence-electron chi connectivity index (χ3n) is 6.86. The van der Waals surface area contributed by atoms with E-state index in [1.807, 2.05) is 48.3 Å². The summed E-state index contributed by atoms with van der Waals surface area (Å²) in [4.78, 5) is 4.65. The molecule has 0 aliphatic rings. The Labute approximate surface area is 247 Å². The molecule has 0 bridgehead atoms. The molecule has 0 aliphatic carbocycles. The Kier molecular flexibility index (Phi) is 8.77. The van der Waals surface area contributed by atoms with Crippen LogP contribution in [0.2, 0.25) is 0 Å². The van der Waals surface area contributed by atoms with Crippen LogP contribution in [0.4, 0.5) is 5.69 Å². The Balaban J connectivity index is 1.62. The Morgan fingerprint density at radius 1 is 0.814 bits per heavy atom. The zero-order valence-electron chi connectivity index (χ0n) is 23.9. The number of aromatic nitrogens is 8. The average Bonchev–Trinajstić information content (AvgIpc) is 3.63. The Bertz CT molecular complexity index is 1660. The highest BCUT2D eigenvalue weighted by Crippen LogP contribution is 2.41. The molecule has 0 atom stereocenters. The van der Waals surface area contributed by atoms with Gasteiger partial charge < -0.3 is 20.2 Å². The maximum absolute atomic E-state index is 11.2. The number of aryl methyl sites for hydroxylation is 2. The first kappa shape index (κ1) is 29.0. The molecule has 0 spiro atoms. The molecule has 0 amide bonds. The zero-order valence-corrected chi connectivity index (χ0v) is 23.9. The van der Waals surface area contributed by atoms with Gasteiger partial charge in [-0.3, -0.25) is 0 Å². The fourth-order valence-corrected chi connectivity index (χ4v) is 4.59. The first-order valence-corrected chi connectivity index (χ1v) is 13.5. The lowest BCUT2D eigenvalue weighted by Gasteiger charge is -2.24. The van der Waals surface area contributed by atoms with Gasteiger partial charge in [0.25, 0.3) is 0 Å². The summed E-state index contributed by atoms with van der Waals surface area (Å²) in [5.41, 5.74) is 4.23. The molecule has 220 valence electrons. The number of benzene rings is 3. The molecule has 2 aromatic heterocycles. The normalized spacial score (nSPS) is 12.4. The second-order valence-electron chi connectivity index (χ2n) is 9.88. The van der Waals surface area contributed by atoms with Crippen LogP contribution < -0.4 is 4.90 Å². The molecule has 14 heteroatoms. The fourth-order valence-electron chi connectivity index (χ4n) is 4.59. The van der Waals surface area contributed by atoms with Crippen LogP contribution in [0.15, 0.2) is 70.9 Å². The monoisotopic (exact) mass is 581 g/mol. The number of aromatic hydroxyl groups is 2. The summed E-state index contributed by atoms with van der Waals surface area (Å²) in [5.74, 6) is 0.550. The number of phenols is 2. The van der Waals surface area contributed by atoms with Crippen LogP contribution in [0.5, 0.6) is 11.5 Å². The largest absolute Gasteiger partial charge is 0.508 e. The van der Waals surface area contributed by atoms with Crippen LogP contribution >= 0.6 is 0 Å². The third-order valence-corrected chi connectivity index (χ3v) is 6.86. The molecular weight excluding hydrogens is 550 g/mol. The second kappa shape index (κ2) is 13.0. The quantitative estimate of drug-likeness (QED) is 0.155. The van der Waals surface area contributed by atoms with E-state index in [9.17, 15) is 15.3 Å². The van der Waals surface area contributed by atoms with E-state index in [1.54, 1.807) is 50.5 Å². The lowest BCUT2D eigenvalue weighted by atomic mass is 9.82. The van der Waals surface area contributed by atoms with Crippen LogP contribution in [0.1, 0.15) is 51.8 Å². The molecule has 14 nitrogen and oxygen atoms in total. The molecular formula is C29H31N11O3. The number of tetrazole rings is 2. The molecule has 0 unspecified atom stereocenters. The lowest BCUT2D eigenvalue weighted by molar-refractivity contribution is 0.290. The van der Waals surface area contributed by atoms with Crippen LogP contribution in [-0.2, 0) is 0 Å². The molecule has 0 fully saturated rings. The highest BCUT2D eigenvalue weighted by atomic mass is 16.3. The molecule has 0 aliphatic heterocycles. The van der Waals surface area contributed by atoms with Gasteiger partial charge in [-0.1, -0.05) is 12.1 Å². The summed E-state index contributed by atoms with van der Waals surface area (Å²) in [6, 6.07) is 18.1. The minimum atomic E-state index is -0.586. The average molecular weight is 582 g/mol. The van der Waals surface area contributed by atoms with Gasteiger partial charge in [0, 0.05) is 42.9 Å². The third kappa shape index (κ3) is 6.70. The van der Waals surface area contributed by atoms with E-state index in [-0.39, 0.29) is 18.1 Å². The maximum atomic E-state index is 11.2. The lowest BCUT2D eigenvalue weighted by Crippen LogP contribution is -2.19. The Morgan fingerprint density at radius 2 is 1.37 bits per heavy atom. The van der Waals surface area contributed by atoms with Gasteiger partial charge in [0.2, 0.25) is 0 Å². The number of anilines is 1. The van der Waals surface area contributed by atoms with Gasteiger partial charge in [0.05, 0.1) is 12.4 Å². The van der Waals surface area contributed by atoms with E-state index >= 15 is 0 Å². The molecule has 0 radical (unpaired) electrons. The summed E-state index contributed by atoms with van der Waals surface area (Å²) >= 11 is 0. The molecule has 5 rings (SSSR count). The summed E-state index contributed by atoms with van der Waals surface area (Å²) in [6.45, 7) is 4.22. The number of aliphatic hydroxyl groups excluding tert-OH is 1. The topological polar surface area (TPSA) is 176 Å².